The van der Waals surface area contributed by atoms with Crippen LogP contribution < -0.4 is 27.4 Å². The fourth-order valence-electron chi connectivity index (χ4n) is 2.35. The zero-order valence-corrected chi connectivity index (χ0v) is 18.7. The first kappa shape index (κ1) is 28.0. The van der Waals surface area contributed by atoms with Crippen molar-refractivity contribution >= 4 is 54.9 Å². The highest BCUT2D eigenvalue weighted by Gasteiger charge is 2.30. The molecule has 0 rings (SSSR count). The van der Waals surface area contributed by atoms with Gasteiger partial charge in [0, 0.05) is 17.9 Å². The van der Waals surface area contributed by atoms with E-state index in [1.54, 1.807) is 0 Å². The van der Waals surface area contributed by atoms with Crippen LogP contribution in [0.2, 0.25) is 0 Å². The number of nitrogens with one attached hydrogen (secondary N) is 3. The third kappa shape index (κ3) is 10.7. The van der Waals surface area contributed by atoms with E-state index in [-0.39, 0.29) is 36.7 Å². The van der Waals surface area contributed by atoms with Gasteiger partial charge < -0.3 is 32.5 Å². The topological polar surface area (TPSA) is 194 Å². The number of hydrogen-bond acceptors (Lipinski definition) is 8. The molecular weight excluding hydrogens is 434 g/mol. The first-order chi connectivity index (χ1) is 13.9. The van der Waals surface area contributed by atoms with Crippen LogP contribution in [0.4, 0.5) is 0 Å². The maximum atomic E-state index is 12.7. The first-order valence-corrected chi connectivity index (χ1v) is 10.6. The Morgan fingerprint density at radius 1 is 0.867 bits per heavy atom. The number of aliphatic carboxylic acids is 1. The van der Waals surface area contributed by atoms with Crippen molar-refractivity contribution in [3.63, 3.8) is 0 Å². The first-order valence-electron chi connectivity index (χ1n) is 9.32. The van der Waals surface area contributed by atoms with E-state index < -0.39 is 53.8 Å². The molecule has 0 aromatic rings. The molecular formula is C17H31N5O6S2. The Labute approximate surface area is 186 Å². The monoisotopic (exact) mass is 465 g/mol. The number of amides is 4. The van der Waals surface area contributed by atoms with Crippen LogP contribution in [0.5, 0.6) is 0 Å². The summed E-state index contributed by atoms with van der Waals surface area (Å²) in [5.41, 5.74) is 10.6. The number of carboxylic acids is 1. The molecule has 0 fully saturated rings. The summed E-state index contributed by atoms with van der Waals surface area (Å²) < 4.78 is 0. The van der Waals surface area contributed by atoms with Gasteiger partial charge in [0.2, 0.25) is 23.6 Å². The molecule has 4 atom stereocenters. The maximum absolute atomic E-state index is 12.7. The average molecular weight is 466 g/mol. The van der Waals surface area contributed by atoms with Gasteiger partial charge in [0.15, 0.2) is 0 Å². The Morgan fingerprint density at radius 3 is 1.80 bits per heavy atom. The number of hydrogen-bond donors (Lipinski definition) is 8. The smallest absolute Gasteiger partial charge is 0.326 e. The number of primary amides is 1. The minimum atomic E-state index is -1.36. The second-order valence-corrected chi connectivity index (χ2v) is 7.86. The summed E-state index contributed by atoms with van der Waals surface area (Å²) in [7, 11) is 0. The average Bonchev–Trinajstić information content (AvgIpc) is 2.66. The molecule has 30 heavy (non-hydrogen) atoms. The summed E-state index contributed by atoms with van der Waals surface area (Å²) in [6.45, 7) is 3.70. The highest BCUT2D eigenvalue weighted by atomic mass is 32.1. The summed E-state index contributed by atoms with van der Waals surface area (Å²) in [5.74, 6) is -4.04. The van der Waals surface area contributed by atoms with E-state index in [0.29, 0.717) is 0 Å². The second-order valence-electron chi connectivity index (χ2n) is 7.13. The lowest BCUT2D eigenvalue weighted by Crippen LogP contribution is -2.58. The summed E-state index contributed by atoms with van der Waals surface area (Å²) in [6, 6.07) is -4.38. The van der Waals surface area contributed by atoms with Crippen LogP contribution in [0.3, 0.4) is 0 Å². The molecule has 0 aliphatic heterocycles. The molecule has 0 radical (unpaired) electrons. The normalized spacial score (nSPS) is 14.9. The van der Waals surface area contributed by atoms with E-state index in [1.165, 1.54) is 0 Å². The van der Waals surface area contributed by atoms with E-state index in [1.807, 2.05) is 13.8 Å². The Kier molecular flexibility index (Phi) is 13.2. The second kappa shape index (κ2) is 14.1. The van der Waals surface area contributed by atoms with Crippen molar-refractivity contribution in [1.82, 2.24) is 16.0 Å². The summed E-state index contributed by atoms with van der Waals surface area (Å²) >= 11 is 7.98. The van der Waals surface area contributed by atoms with Gasteiger partial charge in [-0.05, 0) is 18.8 Å². The maximum Gasteiger partial charge on any atom is 0.326 e. The van der Waals surface area contributed by atoms with Crippen LogP contribution >= 0.6 is 25.3 Å². The van der Waals surface area contributed by atoms with Crippen molar-refractivity contribution in [1.29, 1.82) is 0 Å². The van der Waals surface area contributed by atoms with Crippen molar-refractivity contribution in [3.05, 3.63) is 0 Å². The highest BCUT2D eigenvalue weighted by Crippen LogP contribution is 2.07. The van der Waals surface area contributed by atoms with E-state index in [9.17, 15) is 29.1 Å². The van der Waals surface area contributed by atoms with E-state index in [0.717, 1.165) is 0 Å². The molecule has 172 valence electrons. The fraction of sp³-hybridized carbons (Fsp3) is 0.706. The van der Waals surface area contributed by atoms with Crippen molar-refractivity contribution in [2.24, 2.45) is 17.4 Å². The Hall–Kier alpha value is -1.99. The number of carbonyl (C=O) groups excluding carboxylic acids is 4. The third-order valence-electron chi connectivity index (χ3n) is 3.98. The Morgan fingerprint density at radius 2 is 1.37 bits per heavy atom. The number of rotatable bonds is 14. The molecule has 4 unspecified atom stereocenters. The predicted octanol–water partition coefficient (Wildman–Crippen LogP) is -1.98. The van der Waals surface area contributed by atoms with Crippen LogP contribution in [0, 0.1) is 5.92 Å². The molecule has 0 heterocycles. The lowest BCUT2D eigenvalue weighted by Gasteiger charge is -2.25. The number of thiol groups is 2. The molecule has 0 saturated carbocycles. The molecule has 8 N–H and O–H groups in total. The van der Waals surface area contributed by atoms with Crippen molar-refractivity contribution in [2.45, 2.75) is 57.3 Å². The minimum Gasteiger partial charge on any atom is -0.480 e. The number of carbonyl (C=O) groups is 5. The van der Waals surface area contributed by atoms with Gasteiger partial charge in [-0.2, -0.15) is 25.3 Å². The Balaban J connectivity index is 5.18. The van der Waals surface area contributed by atoms with Crippen LogP contribution in [-0.2, 0) is 24.0 Å². The molecule has 0 aromatic heterocycles. The largest absolute Gasteiger partial charge is 0.480 e. The number of carboxylic acid groups (broad SMARTS) is 1. The zero-order valence-electron chi connectivity index (χ0n) is 17.0. The third-order valence-corrected chi connectivity index (χ3v) is 4.74. The standard InChI is InChI=1S/C17H31N5O6S2/c1-8(2)5-11(21-14(24)9(18)6-29)15(25)22-12(7-30)16(26)20-10(17(27)28)3-4-13(19)23/h8-12,29-30H,3-7,18H2,1-2H3,(H2,19,23)(H,20,26)(H,21,24)(H,22,25)(H,27,28). The fourth-order valence-corrected chi connectivity index (χ4v) is 2.77. The van der Waals surface area contributed by atoms with Gasteiger partial charge in [0.1, 0.15) is 18.1 Å². The summed E-state index contributed by atoms with van der Waals surface area (Å²) in [5, 5.41) is 16.4. The van der Waals surface area contributed by atoms with Gasteiger partial charge in [-0.25, -0.2) is 4.79 Å². The molecule has 0 saturated heterocycles. The van der Waals surface area contributed by atoms with Gasteiger partial charge in [0.05, 0.1) is 6.04 Å². The van der Waals surface area contributed by atoms with Crippen LogP contribution in [0.25, 0.3) is 0 Å². The van der Waals surface area contributed by atoms with E-state index >= 15 is 0 Å². The molecule has 0 aliphatic rings. The van der Waals surface area contributed by atoms with Gasteiger partial charge in [-0.15, -0.1) is 0 Å². The van der Waals surface area contributed by atoms with Crippen molar-refractivity contribution in [3.8, 4) is 0 Å². The predicted molar refractivity (Wildman–Crippen MR) is 117 cm³/mol. The summed E-state index contributed by atoms with van der Waals surface area (Å²) in [4.78, 5) is 59.3. The van der Waals surface area contributed by atoms with E-state index in [2.05, 4.69) is 41.2 Å². The van der Waals surface area contributed by atoms with Crippen LogP contribution in [-0.4, -0.2) is 70.4 Å². The lowest BCUT2D eigenvalue weighted by molar-refractivity contribution is -0.142. The molecule has 11 nitrogen and oxygen atoms in total. The van der Waals surface area contributed by atoms with Crippen LogP contribution in [0.1, 0.15) is 33.1 Å². The van der Waals surface area contributed by atoms with Crippen LogP contribution in [0.15, 0.2) is 0 Å². The molecule has 0 aliphatic carbocycles. The highest BCUT2D eigenvalue weighted by molar-refractivity contribution is 7.80. The van der Waals surface area contributed by atoms with Crippen molar-refractivity contribution < 1.29 is 29.1 Å². The molecule has 4 amide bonds. The minimum absolute atomic E-state index is 0.0433. The lowest BCUT2D eigenvalue weighted by atomic mass is 10.0. The van der Waals surface area contributed by atoms with E-state index in [4.69, 9.17) is 11.5 Å². The quantitative estimate of drug-likeness (QED) is 0.136. The molecule has 0 spiro atoms. The molecule has 0 bridgehead atoms. The SMILES string of the molecule is CC(C)CC(NC(=O)C(N)CS)C(=O)NC(CS)C(=O)NC(CCC(N)=O)C(=O)O. The molecule has 0 aromatic carbocycles. The van der Waals surface area contributed by atoms with Gasteiger partial charge in [-0.3, -0.25) is 19.2 Å². The summed E-state index contributed by atoms with van der Waals surface area (Å²) in [6.07, 6.45) is -0.144. The van der Waals surface area contributed by atoms with Gasteiger partial charge >= 0.3 is 5.97 Å². The Bertz CT molecular complexity index is 634. The number of nitrogens with two attached hydrogens (primary N) is 2. The van der Waals surface area contributed by atoms with Crippen molar-refractivity contribution in [2.75, 3.05) is 11.5 Å². The molecule has 13 heteroatoms. The van der Waals surface area contributed by atoms with Gasteiger partial charge in [0.25, 0.3) is 0 Å². The zero-order chi connectivity index (χ0) is 23.4. The van der Waals surface area contributed by atoms with Gasteiger partial charge in [-0.1, -0.05) is 13.8 Å².